The summed E-state index contributed by atoms with van der Waals surface area (Å²) in [5.41, 5.74) is 1.24. The first-order valence-electron chi connectivity index (χ1n) is 4.72. The minimum Gasteiger partial charge on any atom is -0.392 e. The molecule has 0 rings (SSSR count). The highest BCUT2D eigenvalue weighted by Crippen LogP contribution is 2.02. The summed E-state index contributed by atoms with van der Waals surface area (Å²) in [6.45, 7) is 4.40. The van der Waals surface area contributed by atoms with Gasteiger partial charge in [0.05, 0.1) is 6.61 Å². The Bertz CT molecular complexity index is 145. The van der Waals surface area contributed by atoms with Crippen molar-refractivity contribution in [2.75, 3.05) is 6.61 Å². The van der Waals surface area contributed by atoms with Gasteiger partial charge in [0.1, 0.15) is 0 Å². The van der Waals surface area contributed by atoms with Crippen LogP contribution in [0.5, 0.6) is 0 Å². The van der Waals surface area contributed by atoms with Crippen molar-refractivity contribution >= 4 is 0 Å². The van der Waals surface area contributed by atoms with E-state index in [2.05, 4.69) is 19.1 Å². The third-order valence-electron chi connectivity index (χ3n) is 1.77. The van der Waals surface area contributed by atoms with E-state index in [1.165, 1.54) is 24.8 Å². The number of aliphatic hydroxyl groups is 1. The van der Waals surface area contributed by atoms with E-state index in [0.717, 1.165) is 6.42 Å². The van der Waals surface area contributed by atoms with Crippen molar-refractivity contribution < 1.29 is 5.11 Å². The molecular weight excluding hydrogens is 148 g/mol. The van der Waals surface area contributed by atoms with Gasteiger partial charge in [-0.1, -0.05) is 43.6 Å². The predicted molar refractivity (Wildman–Crippen MR) is 54.1 cm³/mol. The Labute approximate surface area is 75.8 Å². The molecule has 0 atom stereocenters. The van der Waals surface area contributed by atoms with Crippen LogP contribution in [0.3, 0.4) is 0 Å². The highest BCUT2D eigenvalue weighted by molar-refractivity contribution is 5.04. The maximum atomic E-state index is 8.58. The smallest absolute Gasteiger partial charge is 0.0615 e. The van der Waals surface area contributed by atoms with Crippen LogP contribution in [-0.2, 0) is 0 Å². The number of hydrogen-bond donors (Lipinski definition) is 1. The van der Waals surface area contributed by atoms with Gasteiger partial charge >= 0.3 is 0 Å². The summed E-state index contributed by atoms with van der Waals surface area (Å²) >= 11 is 0. The van der Waals surface area contributed by atoms with Crippen molar-refractivity contribution in [2.24, 2.45) is 0 Å². The van der Waals surface area contributed by atoms with Crippen LogP contribution >= 0.6 is 0 Å². The van der Waals surface area contributed by atoms with Gasteiger partial charge in [-0.25, -0.2) is 0 Å². The van der Waals surface area contributed by atoms with Gasteiger partial charge in [0, 0.05) is 0 Å². The molecule has 12 heavy (non-hydrogen) atoms. The zero-order valence-corrected chi connectivity index (χ0v) is 8.21. The van der Waals surface area contributed by atoms with Gasteiger partial charge < -0.3 is 5.11 Å². The van der Waals surface area contributed by atoms with Crippen LogP contribution in [0.15, 0.2) is 23.8 Å². The average Bonchev–Trinajstić information content (AvgIpc) is 2.05. The lowest BCUT2D eigenvalue weighted by atomic mass is 10.1. The normalized spacial score (nSPS) is 12.8. The van der Waals surface area contributed by atoms with Crippen LogP contribution in [-0.4, -0.2) is 11.7 Å². The summed E-state index contributed by atoms with van der Waals surface area (Å²) in [6, 6.07) is 0. The lowest BCUT2D eigenvalue weighted by molar-refractivity contribution is 0.341. The van der Waals surface area contributed by atoms with Crippen LogP contribution in [0.4, 0.5) is 0 Å². The quantitative estimate of drug-likeness (QED) is 0.477. The zero-order chi connectivity index (χ0) is 9.23. The van der Waals surface area contributed by atoms with E-state index >= 15 is 0 Å². The van der Waals surface area contributed by atoms with Crippen molar-refractivity contribution in [2.45, 2.75) is 39.5 Å². The second-order valence-electron chi connectivity index (χ2n) is 3.05. The van der Waals surface area contributed by atoms with Crippen LogP contribution in [0.2, 0.25) is 0 Å². The first-order chi connectivity index (χ1) is 5.81. The fourth-order valence-electron chi connectivity index (χ4n) is 0.948. The zero-order valence-electron chi connectivity index (χ0n) is 8.21. The molecule has 0 aliphatic heterocycles. The molecule has 0 radical (unpaired) electrons. The van der Waals surface area contributed by atoms with Gasteiger partial charge in [-0.2, -0.15) is 0 Å². The second kappa shape index (κ2) is 8.54. The lowest BCUT2D eigenvalue weighted by Crippen LogP contribution is -1.78. The number of allylic oxidation sites excluding steroid dienone is 3. The molecule has 0 amide bonds. The fourth-order valence-corrected chi connectivity index (χ4v) is 0.948. The van der Waals surface area contributed by atoms with Gasteiger partial charge in [-0.05, 0) is 19.8 Å². The van der Waals surface area contributed by atoms with E-state index in [0.29, 0.717) is 0 Å². The number of hydrogen-bond acceptors (Lipinski definition) is 1. The molecule has 0 aromatic carbocycles. The predicted octanol–water partition coefficient (Wildman–Crippen LogP) is 3.06. The van der Waals surface area contributed by atoms with Crippen molar-refractivity contribution in [3.8, 4) is 0 Å². The van der Waals surface area contributed by atoms with Crippen molar-refractivity contribution in [1.82, 2.24) is 0 Å². The molecule has 0 bridgehead atoms. The Hall–Kier alpha value is -0.560. The van der Waals surface area contributed by atoms with Crippen molar-refractivity contribution in [3.05, 3.63) is 23.8 Å². The number of aliphatic hydroxyl groups excluding tert-OH is 1. The Morgan fingerprint density at radius 3 is 2.67 bits per heavy atom. The molecule has 0 aliphatic rings. The maximum Gasteiger partial charge on any atom is 0.0615 e. The molecule has 0 aromatic rings. The Morgan fingerprint density at radius 2 is 2.08 bits per heavy atom. The highest BCUT2D eigenvalue weighted by Gasteiger charge is 1.83. The number of unbranched alkanes of at least 4 members (excludes halogenated alkanes) is 2. The van der Waals surface area contributed by atoms with E-state index in [-0.39, 0.29) is 6.61 Å². The summed E-state index contributed by atoms with van der Waals surface area (Å²) in [6.07, 6.45) is 10.9. The van der Waals surface area contributed by atoms with E-state index in [1.807, 2.05) is 13.0 Å². The van der Waals surface area contributed by atoms with Gasteiger partial charge in [-0.15, -0.1) is 0 Å². The monoisotopic (exact) mass is 168 g/mol. The second-order valence-corrected chi connectivity index (χ2v) is 3.05. The molecule has 1 N–H and O–H groups in total. The molecule has 1 nitrogen and oxygen atoms in total. The maximum absolute atomic E-state index is 8.58. The van der Waals surface area contributed by atoms with E-state index in [9.17, 15) is 0 Å². The lowest BCUT2D eigenvalue weighted by Gasteiger charge is -1.93. The standard InChI is InChI=1S/C11H20O/c1-3-4-5-6-7-8-11(2)9-10-12/h6-7,9,12H,3-5,8,10H2,1-2H3. The molecule has 0 saturated carbocycles. The van der Waals surface area contributed by atoms with Gasteiger partial charge in [-0.3, -0.25) is 0 Å². The van der Waals surface area contributed by atoms with E-state index in [1.54, 1.807) is 0 Å². The summed E-state index contributed by atoms with van der Waals surface area (Å²) in [4.78, 5) is 0. The Kier molecular flexibility index (Phi) is 8.14. The van der Waals surface area contributed by atoms with E-state index in [4.69, 9.17) is 5.11 Å². The summed E-state index contributed by atoms with van der Waals surface area (Å²) < 4.78 is 0. The summed E-state index contributed by atoms with van der Waals surface area (Å²) in [5, 5.41) is 8.58. The third kappa shape index (κ3) is 7.55. The SMILES string of the molecule is CCCCC=CCC(C)=CCO. The largest absolute Gasteiger partial charge is 0.392 e. The van der Waals surface area contributed by atoms with Gasteiger partial charge in [0.2, 0.25) is 0 Å². The first kappa shape index (κ1) is 11.4. The van der Waals surface area contributed by atoms with Gasteiger partial charge in [0.15, 0.2) is 0 Å². The number of rotatable bonds is 6. The summed E-state index contributed by atoms with van der Waals surface area (Å²) in [5.74, 6) is 0. The third-order valence-corrected chi connectivity index (χ3v) is 1.77. The molecule has 1 heteroatoms. The Morgan fingerprint density at radius 1 is 1.33 bits per heavy atom. The van der Waals surface area contributed by atoms with Crippen molar-refractivity contribution in [1.29, 1.82) is 0 Å². The van der Waals surface area contributed by atoms with Crippen LogP contribution in [0.1, 0.15) is 39.5 Å². The van der Waals surface area contributed by atoms with Crippen LogP contribution < -0.4 is 0 Å². The molecule has 0 aromatic heterocycles. The molecule has 0 aliphatic carbocycles. The summed E-state index contributed by atoms with van der Waals surface area (Å²) in [7, 11) is 0. The Balaban J connectivity index is 3.40. The topological polar surface area (TPSA) is 20.2 Å². The molecule has 0 heterocycles. The minimum absolute atomic E-state index is 0.161. The minimum atomic E-state index is 0.161. The van der Waals surface area contributed by atoms with Gasteiger partial charge in [0.25, 0.3) is 0 Å². The molecular formula is C11H20O. The first-order valence-corrected chi connectivity index (χ1v) is 4.72. The molecule has 0 fully saturated rings. The molecule has 0 saturated heterocycles. The van der Waals surface area contributed by atoms with Crippen LogP contribution in [0.25, 0.3) is 0 Å². The molecule has 0 unspecified atom stereocenters. The average molecular weight is 168 g/mol. The fraction of sp³-hybridized carbons (Fsp3) is 0.636. The molecule has 70 valence electrons. The molecule has 0 spiro atoms. The van der Waals surface area contributed by atoms with Crippen LogP contribution in [0, 0.1) is 0 Å². The van der Waals surface area contributed by atoms with E-state index < -0.39 is 0 Å². The highest BCUT2D eigenvalue weighted by atomic mass is 16.2. The van der Waals surface area contributed by atoms with Crippen molar-refractivity contribution in [3.63, 3.8) is 0 Å².